The average molecular weight is 296 g/mol. The molecule has 0 spiro atoms. The van der Waals surface area contributed by atoms with E-state index < -0.39 is 0 Å². The lowest BCUT2D eigenvalue weighted by Gasteiger charge is -2.03. The SMILES string of the molecule is COCCc1nc(Sc2cc(O)c(C)cc2O)[nH][n+]1C. The Balaban J connectivity index is 2.20. The second-order valence-electron chi connectivity index (χ2n) is 4.46. The van der Waals surface area contributed by atoms with Crippen molar-refractivity contribution in [2.24, 2.45) is 7.05 Å². The predicted octanol–water partition coefficient (Wildman–Crippen LogP) is 1.29. The maximum absolute atomic E-state index is 9.89. The first-order chi connectivity index (χ1) is 9.51. The lowest BCUT2D eigenvalue weighted by Crippen LogP contribution is -2.35. The van der Waals surface area contributed by atoms with Crippen LogP contribution in [-0.2, 0) is 18.2 Å². The number of phenols is 2. The van der Waals surface area contributed by atoms with Gasteiger partial charge in [-0.1, -0.05) is 0 Å². The van der Waals surface area contributed by atoms with Crippen molar-refractivity contribution in [3.8, 4) is 11.5 Å². The van der Waals surface area contributed by atoms with Crippen LogP contribution in [0.4, 0.5) is 0 Å². The first kappa shape index (κ1) is 14.7. The molecule has 7 heteroatoms. The monoisotopic (exact) mass is 296 g/mol. The lowest BCUT2D eigenvalue weighted by atomic mass is 10.2. The number of aromatic nitrogens is 3. The Labute approximate surface area is 121 Å². The second kappa shape index (κ2) is 6.15. The van der Waals surface area contributed by atoms with Crippen LogP contribution in [0.25, 0.3) is 0 Å². The van der Waals surface area contributed by atoms with E-state index in [2.05, 4.69) is 10.1 Å². The van der Waals surface area contributed by atoms with Gasteiger partial charge in [0.25, 0.3) is 0 Å². The van der Waals surface area contributed by atoms with Gasteiger partial charge in [0, 0.05) is 7.11 Å². The zero-order chi connectivity index (χ0) is 14.7. The van der Waals surface area contributed by atoms with Crippen LogP contribution in [0.15, 0.2) is 22.2 Å². The molecule has 2 rings (SSSR count). The molecule has 0 radical (unpaired) electrons. The van der Waals surface area contributed by atoms with Crippen molar-refractivity contribution in [2.45, 2.75) is 23.4 Å². The highest BCUT2D eigenvalue weighted by Gasteiger charge is 2.19. The molecule has 0 atom stereocenters. The first-order valence-electron chi connectivity index (χ1n) is 6.15. The summed E-state index contributed by atoms with van der Waals surface area (Å²) < 4.78 is 6.84. The topological polar surface area (TPSA) is 82.2 Å². The van der Waals surface area contributed by atoms with E-state index in [1.807, 2.05) is 11.7 Å². The van der Waals surface area contributed by atoms with Crippen LogP contribution in [0.1, 0.15) is 11.4 Å². The summed E-state index contributed by atoms with van der Waals surface area (Å²) in [5.74, 6) is 1.15. The maximum atomic E-state index is 9.89. The summed E-state index contributed by atoms with van der Waals surface area (Å²) in [6.45, 7) is 2.33. The molecule has 1 aromatic heterocycles. The molecule has 0 aliphatic heterocycles. The Morgan fingerprint density at radius 2 is 2.10 bits per heavy atom. The molecular weight excluding hydrogens is 278 g/mol. The molecule has 0 aliphatic rings. The number of aromatic amines is 1. The Kier molecular flexibility index (Phi) is 4.51. The molecule has 6 nitrogen and oxygen atoms in total. The molecular formula is C13H18N3O3S+. The summed E-state index contributed by atoms with van der Waals surface area (Å²) in [6, 6.07) is 3.07. The molecule has 3 N–H and O–H groups in total. The summed E-state index contributed by atoms with van der Waals surface area (Å²) in [5, 5.41) is 23.3. The molecule has 0 bridgehead atoms. The molecule has 0 saturated heterocycles. The Hall–Kier alpha value is -1.73. The average Bonchev–Trinajstić information content (AvgIpc) is 2.74. The van der Waals surface area contributed by atoms with Crippen molar-refractivity contribution >= 4 is 11.8 Å². The van der Waals surface area contributed by atoms with E-state index in [0.29, 0.717) is 28.6 Å². The van der Waals surface area contributed by atoms with E-state index in [9.17, 15) is 10.2 Å². The highest BCUT2D eigenvalue weighted by Crippen LogP contribution is 2.36. The predicted molar refractivity (Wildman–Crippen MR) is 74.0 cm³/mol. The van der Waals surface area contributed by atoms with E-state index in [1.54, 1.807) is 14.0 Å². The zero-order valence-electron chi connectivity index (χ0n) is 11.7. The van der Waals surface area contributed by atoms with Crippen LogP contribution in [-0.4, -0.2) is 34.0 Å². The first-order valence-corrected chi connectivity index (χ1v) is 6.97. The molecule has 2 aromatic rings. The largest absolute Gasteiger partial charge is 0.508 e. The van der Waals surface area contributed by atoms with Gasteiger partial charge in [0.2, 0.25) is 0 Å². The number of nitrogens with one attached hydrogen (secondary N) is 1. The van der Waals surface area contributed by atoms with E-state index in [4.69, 9.17) is 4.74 Å². The minimum Gasteiger partial charge on any atom is -0.508 e. The molecule has 108 valence electrons. The van der Waals surface area contributed by atoms with Crippen molar-refractivity contribution in [2.75, 3.05) is 13.7 Å². The fraction of sp³-hybridized carbons (Fsp3) is 0.385. The Bertz CT molecular complexity index is 613. The third-order valence-corrected chi connectivity index (χ3v) is 3.82. The van der Waals surface area contributed by atoms with Gasteiger partial charge in [-0.15, -0.1) is 0 Å². The highest BCUT2D eigenvalue weighted by molar-refractivity contribution is 7.99. The number of ether oxygens (including phenoxy) is 1. The molecule has 0 saturated carbocycles. The number of hydrogen-bond donors (Lipinski definition) is 3. The minimum atomic E-state index is 0.128. The number of benzene rings is 1. The van der Waals surface area contributed by atoms with Gasteiger partial charge in [-0.2, -0.15) is 9.78 Å². The number of phenolic OH excluding ortho intramolecular Hbond substituents is 2. The molecule has 0 aliphatic carbocycles. The van der Waals surface area contributed by atoms with Gasteiger partial charge in [-0.25, -0.2) is 0 Å². The molecule has 0 fully saturated rings. The third-order valence-electron chi connectivity index (χ3n) is 2.90. The van der Waals surface area contributed by atoms with Crippen molar-refractivity contribution < 1.29 is 19.6 Å². The van der Waals surface area contributed by atoms with Crippen LogP contribution >= 0.6 is 11.8 Å². The van der Waals surface area contributed by atoms with Gasteiger partial charge in [0.05, 0.1) is 17.9 Å². The fourth-order valence-electron chi connectivity index (χ4n) is 1.74. The second-order valence-corrected chi connectivity index (χ2v) is 5.49. The summed E-state index contributed by atoms with van der Waals surface area (Å²) in [6.07, 6.45) is 0.704. The molecule has 20 heavy (non-hydrogen) atoms. The summed E-state index contributed by atoms with van der Waals surface area (Å²) >= 11 is 1.27. The van der Waals surface area contributed by atoms with Gasteiger partial charge in [0.15, 0.2) is 0 Å². The maximum Gasteiger partial charge on any atom is 0.322 e. The quantitative estimate of drug-likeness (QED) is 0.572. The van der Waals surface area contributed by atoms with Crippen molar-refractivity contribution in [1.29, 1.82) is 0 Å². The number of hydrogen-bond acceptors (Lipinski definition) is 5. The van der Waals surface area contributed by atoms with E-state index in [-0.39, 0.29) is 11.5 Å². The van der Waals surface area contributed by atoms with Crippen molar-refractivity contribution in [3.63, 3.8) is 0 Å². The molecule has 0 amide bonds. The van der Waals surface area contributed by atoms with Crippen LogP contribution in [0.3, 0.4) is 0 Å². The van der Waals surface area contributed by atoms with Gasteiger partial charge >= 0.3 is 11.0 Å². The lowest BCUT2D eigenvalue weighted by molar-refractivity contribution is -0.737. The number of aryl methyl sites for hydroxylation is 2. The third kappa shape index (κ3) is 3.23. The fourth-order valence-corrected chi connectivity index (χ4v) is 2.61. The smallest absolute Gasteiger partial charge is 0.322 e. The minimum absolute atomic E-state index is 0.128. The Morgan fingerprint density at radius 1 is 1.35 bits per heavy atom. The molecule has 0 unspecified atom stereocenters. The zero-order valence-corrected chi connectivity index (χ0v) is 12.5. The van der Waals surface area contributed by atoms with E-state index >= 15 is 0 Å². The molecule has 1 heterocycles. The van der Waals surface area contributed by atoms with Crippen LogP contribution in [0.2, 0.25) is 0 Å². The molecule has 1 aromatic carbocycles. The number of H-pyrrole nitrogens is 1. The normalized spacial score (nSPS) is 10.9. The van der Waals surface area contributed by atoms with E-state index in [1.165, 1.54) is 23.9 Å². The summed E-state index contributed by atoms with van der Waals surface area (Å²) in [4.78, 5) is 4.99. The number of aromatic hydroxyl groups is 2. The standard InChI is InChI=1S/C13H17N3O3S/c1-8-6-10(18)11(7-9(8)17)20-13-14-12(4-5-19-3)16(2)15-13/h6-7,17-18H,4-5H2,1-3H3/p+1. The number of rotatable bonds is 5. The van der Waals surface area contributed by atoms with Crippen molar-refractivity contribution in [3.05, 3.63) is 23.5 Å². The van der Waals surface area contributed by atoms with Gasteiger partial charge < -0.3 is 14.9 Å². The van der Waals surface area contributed by atoms with Gasteiger partial charge in [0.1, 0.15) is 18.5 Å². The van der Waals surface area contributed by atoms with Crippen LogP contribution < -0.4 is 4.68 Å². The van der Waals surface area contributed by atoms with Gasteiger partial charge in [-0.05, 0) is 41.4 Å². The summed E-state index contributed by atoms with van der Waals surface area (Å²) in [7, 11) is 3.52. The summed E-state index contributed by atoms with van der Waals surface area (Å²) in [5.41, 5.74) is 0.637. The van der Waals surface area contributed by atoms with E-state index in [0.717, 1.165) is 5.82 Å². The van der Waals surface area contributed by atoms with Gasteiger partial charge in [-0.3, -0.25) is 0 Å². The highest BCUT2D eigenvalue weighted by atomic mass is 32.2. The number of nitrogens with zero attached hydrogens (tertiary/aromatic N) is 2. The van der Waals surface area contributed by atoms with Crippen molar-refractivity contribution in [1.82, 2.24) is 10.1 Å². The van der Waals surface area contributed by atoms with Crippen LogP contribution in [0, 0.1) is 6.92 Å². The van der Waals surface area contributed by atoms with Crippen LogP contribution in [0.5, 0.6) is 11.5 Å². The number of methoxy groups -OCH3 is 1. The Morgan fingerprint density at radius 3 is 2.80 bits per heavy atom.